The van der Waals surface area contributed by atoms with Gasteiger partial charge in [0.1, 0.15) is 5.01 Å². The molecule has 2 aliphatic rings. The smallest absolute Gasteiger partial charge is 0.286 e. The number of rotatable bonds is 6. The fourth-order valence-corrected chi connectivity index (χ4v) is 6.41. The molecule has 3 aromatic rings. The van der Waals surface area contributed by atoms with Gasteiger partial charge in [-0.05, 0) is 44.0 Å². The number of hydrogen-bond acceptors (Lipinski definition) is 9. The van der Waals surface area contributed by atoms with Gasteiger partial charge >= 0.3 is 0 Å². The van der Waals surface area contributed by atoms with E-state index in [4.69, 9.17) is 9.47 Å². The summed E-state index contributed by atoms with van der Waals surface area (Å²) in [7, 11) is -3.72. The van der Waals surface area contributed by atoms with Gasteiger partial charge in [-0.25, -0.2) is 8.42 Å². The molecule has 0 bridgehead atoms. The zero-order valence-electron chi connectivity index (χ0n) is 18.8. The summed E-state index contributed by atoms with van der Waals surface area (Å²) in [5, 5.41) is 11.8. The van der Waals surface area contributed by atoms with Crippen molar-refractivity contribution >= 4 is 38.7 Å². The van der Waals surface area contributed by atoms with Gasteiger partial charge in [-0.2, -0.15) is 4.31 Å². The van der Waals surface area contributed by atoms with E-state index >= 15 is 0 Å². The van der Waals surface area contributed by atoms with Crippen LogP contribution in [0.2, 0.25) is 0 Å². The minimum Gasteiger partial charge on any atom is -0.454 e. The number of anilines is 1. The summed E-state index contributed by atoms with van der Waals surface area (Å²) in [6.45, 7) is 2.22. The molecule has 1 saturated heterocycles. The van der Waals surface area contributed by atoms with E-state index in [1.165, 1.54) is 35.5 Å². The number of sulfonamides is 1. The summed E-state index contributed by atoms with van der Waals surface area (Å²) >= 11 is 1.16. The molecule has 1 fully saturated rings. The number of ketones is 1. The van der Waals surface area contributed by atoms with Crippen molar-refractivity contribution in [3.63, 3.8) is 0 Å². The maximum Gasteiger partial charge on any atom is 0.286 e. The molecule has 35 heavy (non-hydrogen) atoms. The van der Waals surface area contributed by atoms with Gasteiger partial charge < -0.3 is 14.8 Å². The van der Waals surface area contributed by atoms with Crippen molar-refractivity contribution in [1.29, 1.82) is 0 Å². The Bertz CT molecular complexity index is 1390. The number of fused-ring (bicyclic) bond motifs is 1. The first-order chi connectivity index (χ1) is 16.8. The number of amides is 1. The molecular weight excluding hydrogens is 492 g/mol. The van der Waals surface area contributed by atoms with Crippen LogP contribution in [0.4, 0.5) is 5.69 Å². The fourth-order valence-electron chi connectivity index (χ4n) is 4.02. The van der Waals surface area contributed by atoms with Crippen molar-refractivity contribution < 1.29 is 27.5 Å². The molecule has 2 aromatic carbocycles. The standard InChI is InChI=1S/C23H22N4O6S2/c1-14(28)15-4-7-18(8-5-15)35(30,31)27-10-2-3-16(12-27)22-25-26-23(34-22)21(29)24-17-6-9-19-20(11-17)33-13-32-19/h4-9,11,16H,2-3,10,12-13H2,1H3,(H,24,29)/t16-/m1/s1. The third-order valence-electron chi connectivity index (χ3n) is 5.90. The molecule has 0 aliphatic carbocycles. The molecule has 0 radical (unpaired) electrons. The number of aromatic nitrogens is 2. The van der Waals surface area contributed by atoms with E-state index in [0.29, 0.717) is 40.7 Å². The number of benzene rings is 2. The lowest BCUT2D eigenvalue weighted by Gasteiger charge is -2.30. The van der Waals surface area contributed by atoms with Crippen molar-refractivity contribution in [2.45, 2.75) is 30.6 Å². The Morgan fingerprint density at radius 2 is 1.86 bits per heavy atom. The molecule has 0 unspecified atom stereocenters. The highest BCUT2D eigenvalue weighted by atomic mass is 32.2. The average molecular weight is 515 g/mol. The first-order valence-electron chi connectivity index (χ1n) is 11.0. The average Bonchev–Trinajstić information content (AvgIpc) is 3.54. The number of carbonyl (C=O) groups excluding carboxylic acids is 2. The number of ether oxygens (including phenoxy) is 2. The highest BCUT2D eigenvalue weighted by Crippen LogP contribution is 2.35. The topological polar surface area (TPSA) is 128 Å². The minimum absolute atomic E-state index is 0.124. The van der Waals surface area contributed by atoms with E-state index in [1.807, 2.05) is 0 Å². The van der Waals surface area contributed by atoms with Gasteiger partial charge in [0.05, 0.1) is 4.90 Å². The Hall–Kier alpha value is -3.35. The molecule has 1 amide bonds. The number of Topliss-reactive ketones (excluding diaryl/α,β-unsaturated/α-hetero) is 1. The molecular formula is C23H22N4O6S2. The Kier molecular flexibility index (Phi) is 6.26. The van der Waals surface area contributed by atoms with Crippen LogP contribution in [0.1, 0.15) is 50.9 Å². The minimum atomic E-state index is -3.72. The molecule has 182 valence electrons. The second kappa shape index (κ2) is 9.36. The second-order valence-corrected chi connectivity index (χ2v) is 11.2. The van der Waals surface area contributed by atoms with Gasteiger partial charge in [0, 0.05) is 36.3 Å². The summed E-state index contributed by atoms with van der Waals surface area (Å²) < 4.78 is 38.4. The highest BCUT2D eigenvalue weighted by molar-refractivity contribution is 7.89. The normalized spacial score (nSPS) is 17.8. The molecule has 10 nitrogen and oxygen atoms in total. The largest absolute Gasteiger partial charge is 0.454 e. The Morgan fingerprint density at radius 1 is 1.09 bits per heavy atom. The van der Waals surface area contributed by atoms with E-state index in [1.54, 1.807) is 18.2 Å². The van der Waals surface area contributed by atoms with Crippen molar-refractivity contribution in [3.05, 3.63) is 58.0 Å². The second-order valence-electron chi connectivity index (χ2n) is 8.25. The first-order valence-corrected chi connectivity index (χ1v) is 13.2. The highest BCUT2D eigenvalue weighted by Gasteiger charge is 2.33. The number of hydrogen-bond donors (Lipinski definition) is 1. The molecule has 0 saturated carbocycles. The molecule has 1 aromatic heterocycles. The zero-order valence-corrected chi connectivity index (χ0v) is 20.4. The van der Waals surface area contributed by atoms with Crippen LogP contribution in [0, 0.1) is 0 Å². The van der Waals surface area contributed by atoms with Crippen molar-refractivity contribution in [3.8, 4) is 11.5 Å². The van der Waals surface area contributed by atoms with Crippen molar-refractivity contribution in [1.82, 2.24) is 14.5 Å². The van der Waals surface area contributed by atoms with Crippen LogP contribution >= 0.6 is 11.3 Å². The van der Waals surface area contributed by atoms with Crippen LogP contribution in [-0.2, 0) is 10.0 Å². The third kappa shape index (κ3) is 4.77. The van der Waals surface area contributed by atoms with Gasteiger partial charge in [-0.15, -0.1) is 10.2 Å². The lowest BCUT2D eigenvalue weighted by atomic mass is 10.0. The number of carbonyl (C=O) groups is 2. The van der Waals surface area contributed by atoms with Crippen LogP contribution in [0.5, 0.6) is 11.5 Å². The van der Waals surface area contributed by atoms with Crippen LogP contribution in [0.3, 0.4) is 0 Å². The van der Waals surface area contributed by atoms with E-state index in [-0.39, 0.29) is 34.9 Å². The summed E-state index contributed by atoms with van der Waals surface area (Å²) in [6, 6.07) is 11.1. The number of piperidine rings is 1. The van der Waals surface area contributed by atoms with Crippen LogP contribution < -0.4 is 14.8 Å². The van der Waals surface area contributed by atoms with Gasteiger partial charge in [-0.3, -0.25) is 9.59 Å². The van der Waals surface area contributed by atoms with Crippen molar-refractivity contribution in [2.24, 2.45) is 0 Å². The third-order valence-corrected chi connectivity index (χ3v) is 8.86. The Balaban J connectivity index is 1.27. The zero-order chi connectivity index (χ0) is 24.6. The van der Waals surface area contributed by atoms with Crippen molar-refractivity contribution in [2.75, 3.05) is 25.2 Å². The molecule has 1 atom stereocenters. The van der Waals surface area contributed by atoms with E-state index < -0.39 is 15.9 Å². The molecule has 2 aliphatic heterocycles. The van der Waals surface area contributed by atoms with E-state index in [9.17, 15) is 18.0 Å². The number of nitrogens with one attached hydrogen (secondary N) is 1. The van der Waals surface area contributed by atoms with E-state index in [2.05, 4.69) is 15.5 Å². The van der Waals surface area contributed by atoms with E-state index in [0.717, 1.165) is 17.8 Å². The SMILES string of the molecule is CC(=O)c1ccc(S(=O)(=O)N2CCC[C@@H](c3nnc(C(=O)Nc4ccc5c(c4)OCO5)s3)C2)cc1. The summed E-state index contributed by atoms with van der Waals surface area (Å²) in [5.74, 6) is 0.479. The van der Waals surface area contributed by atoms with Gasteiger partial charge in [0.15, 0.2) is 17.3 Å². The Labute approximate surface area is 205 Å². The van der Waals surface area contributed by atoms with Crippen LogP contribution in [0.25, 0.3) is 0 Å². The van der Waals surface area contributed by atoms with Crippen LogP contribution in [0.15, 0.2) is 47.4 Å². The molecule has 3 heterocycles. The summed E-state index contributed by atoms with van der Waals surface area (Å²) in [4.78, 5) is 24.3. The predicted octanol–water partition coefficient (Wildman–Crippen LogP) is 3.29. The lowest BCUT2D eigenvalue weighted by Crippen LogP contribution is -2.39. The fraction of sp³-hybridized carbons (Fsp3) is 0.304. The molecule has 0 spiro atoms. The van der Waals surface area contributed by atoms with Gasteiger partial charge in [0.2, 0.25) is 21.8 Å². The maximum absolute atomic E-state index is 13.2. The predicted molar refractivity (Wildman–Crippen MR) is 128 cm³/mol. The monoisotopic (exact) mass is 514 g/mol. The molecule has 5 rings (SSSR count). The Morgan fingerprint density at radius 3 is 2.63 bits per heavy atom. The summed E-state index contributed by atoms with van der Waals surface area (Å²) in [6.07, 6.45) is 1.40. The first kappa shape index (κ1) is 23.4. The van der Waals surface area contributed by atoms with Crippen LogP contribution in [-0.4, -0.2) is 54.5 Å². The lowest BCUT2D eigenvalue weighted by molar-refractivity contribution is 0.101. The van der Waals surface area contributed by atoms with Gasteiger partial charge in [-0.1, -0.05) is 23.5 Å². The van der Waals surface area contributed by atoms with Gasteiger partial charge in [0.25, 0.3) is 5.91 Å². The molecule has 1 N–H and O–H groups in total. The summed E-state index contributed by atoms with van der Waals surface area (Å²) in [5.41, 5.74) is 1.00. The maximum atomic E-state index is 13.2. The number of nitrogens with zero attached hydrogens (tertiary/aromatic N) is 3. The molecule has 12 heteroatoms. The quantitative estimate of drug-likeness (QED) is 0.497.